The monoisotopic (exact) mass is 368 g/mol. The van der Waals surface area contributed by atoms with Gasteiger partial charge in [-0.25, -0.2) is 13.2 Å². The third-order valence-electron chi connectivity index (χ3n) is 4.33. The predicted octanol–water partition coefficient (Wildman–Crippen LogP) is 6.93. The molecule has 3 rings (SSSR count). The molecule has 1 aliphatic rings. The smallest absolute Gasteiger partial charge is 0.211 e. The lowest BCUT2D eigenvalue weighted by atomic mass is 9.87. The van der Waals surface area contributed by atoms with Gasteiger partial charge < -0.3 is 0 Å². The van der Waals surface area contributed by atoms with Crippen LogP contribution in [0, 0.1) is 12.7 Å². The molecule has 0 saturated carbocycles. The summed E-state index contributed by atoms with van der Waals surface area (Å²) in [6.07, 6.45) is -5.23. The summed E-state index contributed by atoms with van der Waals surface area (Å²) in [7, 11) is 0. The highest BCUT2D eigenvalue weighted by Gasteiger charge is 2.42. The number of aryl methyl sites for hydroxylation is 1. The molecule has 0 amide bonds. The Hall–Kier alpha value is -2.50. The normalized spacial score (nSPS) is 18.1. The molecule has 0 aromatic heterocycles. The molecule has 6 heteroatoms. The number of hydrogen-bond acceptors (Lipinski definition) is 0. The molecule has 0 aliphatic heterocycles. The van der Waals surface area contributed by atoms with Gasteiger partial charge in [-0.3, -0.25) is 0 Å². The molecule has 0 radical (unpaired) electrons. The SMILES string of the molecule is Cc1ccc(-c2ccc(C3C=C(F)C(C(F)(F)F)=C(F)C3)c(F)c2)cc1. The molecule has 26 heavy (non-hydrogen) atoms. The van der Waals surface area contributed by atoms with Crippen LogP contribution in [-0.4, -0.2) is 6.18 Å². The van der Waals surface area contributed by atoms with E-state index in [-0.39, 0.29) is 5.56 Å². The molecule has 0 nitrogen and oxygen atoms in total. The van der Waals surface area contributed by atoms with Crippen molar-refractivity contribution in [2.75, 3.05) is 0 Å². The van der Waals surface area contributed by atoms with Crippen molar-refractivity contribution in [2.45, 2.75) is 25.4 Å². The average Bonchev–Trinajstić information content (AvgIpc) is 2.53. The van der Waals surface area contributed by atoms with E-state index in [9.17, 15) is 26.3 Å². The van der Waals surface area contributed by atoms with Crippen molar-refractivity contribution < 1.29 is 26.3 Å². The fourth-order valence-electron chi connectivity index (χ4n) is 2.99. The van der Waals surface area contributed by atoms with Crippen molar-refractivity contribution in [1.82, 2.24) is 0 Å². The van der Waals surface area contributed by atoms with Crippen LogP contribution in [0.1, 0.15) is 23.5 Å². The van der Waals surface area contributed by atoms with Crippen molar-refractivity contribution in [3.63, 3.8) is 0 Å². The van der Waals surface area contributed by atoms with Crippen LogP contribution in [0.25, 0.3) is 11.1 Å². The van der Waals surface area contributed by atoms with E-state index in [4.69, 9.17) is 0 Å². The summed E-state index contributed by atoms with van der Waals surface area (Å²) in [4.78, 5) is 0. The van der Waals surface area contributed by atoms with Gasteiger partial charge in [0.15, 0.2) is 0 Å². The van der Waals surface area contributed by atoms with E-state index < -0.39 is 41.6 Å². The molecule has 0 bridgehead atoms. The van der Waals surface area contributed by atoms with E-state index in [0.717, 1.165) is 11.1 Å². The van der Waals surface area contributed by atoms with Gasteiger partial charge in [-0.2, -0.15) is 13.2 Å². The molecule has 1 atom stereocenters. The molecule has 1 aliphatic carbocycles. The summed E-state index contributed by atoms with van der Waals surface area (Å²) in [5.41, 5.74) is 0.407. The number of allylic oxidation sites excluding steroid dienone is 4. The zero-order chi connectivity index (χ0) is 19.1. The molecule has 0 N–H and O–H groups in total. The zero-order valence-electron chi connectivity index (χ0n) is 13.7. The van der Waals surface area contributed by atoms with Crippen LogP contribution < -0.4 is 0 Å². The minimum atomic E-state index is -5.12. The number of alkyl halides is 3. The molecular formula is C20H14F6. The van der Waals surface area contributed by atoms with Crippen LogP contribution in [0.15, 0.2) is 65.8 Å². The van der Waals surface area contributed by atoms with Gasteiger partial charge in [0.2, 0.25) is 0 Å². The minimum Gasteiger partial charge on any atom is -0.211 e. The summed E-state index contributed by atoms with van der Waals surface area (Å²) in [6, 6.07) is 11.5. The number of halogens is 6. The van der Waals surface area contributed by atoms with Crippen molar-refractivity contribution in [2.24, 2.45) is 0 Å². The predicted molar refractivity (Wildman–Crippen MR) is 87.3 cm³/mol. The van der Waals surface area contributed by atoms with E-state index in [0.29, 0.717) is 11.6 Å². The first-order valence-corrected chi connectivity index (χ1v) is 7.87. The Morgan fingerprint density at radius 2 is 1.50 bits per heavy atom. The van der Waals surface area contributed by atoms with Crippen molar-refractivity contribution >= 4 is 0 Å². The van der Waals surface area contributed by atoms with Gasteiger partial charge in [0.25, 0.3) is 0 Å². The van der Waals surface area contributed by atoms with Crippen LogP contribution >= 0.6 is 0 Å². The first-order chi connectivity index (χ1) is 12.2. The summed E-state index contributed by atoms with van der Waals surface area (Å²) >= 11 is 0. The molecule has 0 spiro atoms. The Morgan fingerprint density at radius 1 is 0.885 bits per heavy atom. The Balaban J connectivity index is 1.92. The first-order valence-electron chi connectivity index (χ1n) is 7.87. The summed E-state index contributed by atoms with van der Waals surface area (Å²) in [5, 5.41) is 0. The lowest BCUT2D eigenvalue weighted by molar-refractivity contribution is -0.0935. The molecule has 0 saturated heterocycles. The summed E-state index contributed by atoms with van der Waals surface area (Å²) in [5.74, 6) is -5.19. The maximum atomic E-state index is 14.5. The van der Waals surface area contributed by atoms with E-state index in [1.807, 2.05) is 31.2 Å². The van der Waals surface area contributed by atoms with Gasteiger partial charge in [-0.15, -0.1) is 0 Å². The van der Waals surface area contributed by atoms with Gasteiger partial charge in [0.05, 0.1) is 0 Å². The van der Waals surface area contributed by atoms with Crippen LogP contribution in [0.2, 0.25) is 0 Å². The Morgan fingerprint density at radius 3 is 2.04 bits per heavy atom. The van der Waals surface area contributed by atoms with Gasteiger partial charge in [-0.1, -0.05) is 42.0 Å². The van der Waals surface area contributed by atoms with E-state index >= 15 is 0 Å². The number of rotatable bonds is 2. The van der Waals surface area contributed by atoms with Crippen molar-refractivity contribution in [1.29, 1.82) is 0 Å². The third-order valence-corrected chi connectivity index (χ3v) is 4.33. The molecule has 2 aromatic carbocycles. The van der Waals surface area contributed by atoms with Gasteiger partial charge in [0.1, 0.15) is 23.0 Å². The fourth-order valence-corrected chi connectivity index (χ4v) is 2.99. The lowest BCUT2D eigenvalue weighted by Gasteiger charge is -2.22. The molecule has 0 fully saturated rings. The van der Waals surface area contributed by atoms with E-state index in [1.165, 1.54) is 12.1 Å². The Labute approximate surface area is 146 Å². The van der Waals surface area contributed by atoms with Gasteiger partial charge >= 0.3 is 6.18 Å². The molecular weight excluding hydrogens is 354 g/mol. The van der Waals surface area contributed by atoms with Crippen molar-refractivity contribution in [3.05, 3.63) is 82.7 Å². The quantitative estimate of drug-likeness (QED) is 0.504. The second-order valence-electron chi connectivity index (χ2n) is 6.21. The van der Waals surface area contributed by atoms with Gasteiger partial charge in [-0.05, 0) is 35.8 Å². The molecule has 2 aromatic rings. The second-order valence-corrected chi connectivity index (χ2v) is 6.21. The van der Waals surface area contributed by atoms with Gasteiger partial charge in [0, 0.05) is 12.3 Å². The third kappa shape index (κ3) is 3.54. The van der Waals surface area contributed by atoms with Crippen LogP contribution in [-0.2, 0) is 0 Å². The highest BCUT2D eigenvalue weighted by molar-refractivity contribution is 5.64. The average molecular weight is 368 g/mol. The van der Waals surface area contributed by atoms with E-state index in [1.54, 1.807) is 6.07 Å². The molecule has 0 heterocycles. The number of benzene rings is 2. The maximum absolute atomic E-state index is 14.5. The summed E-state index contributed by atoms with van der Waals surface area (Å²) in [6.45, 7) is 1.91. The largest absolute Gasteiger partial charge is 0.421 e. The zero-order valence-corrected chi connectivity index (χ0v) is 13.7. The standard InChI is InChI=1S/C20H14F6/c1-11-2-4-12(5-3-11)13-6-7-15(16(21)8-13)14-9-17(22)19(18(23)10-14)20(24,25)26/h2-9,14H,10H2,1H3. The minimum absolute atomic E-state index is 0.0487. The molecule has 1 unspecified atom stereocenters. The Kier molecular flexibility index (Phi) is 4.69. The van der Waals surface area contributed by atoms with Crippen LogP contribution in [0.3, 0.4) is 0 Å². The lowest BCUT2D eigenvalue weighted by Crippen LogP contribution is -2.18. The van der Waals surface area contributed by atoms with E-state index in [2.05, 4.69) is 0 Å². The summed E-state index contributed by atoms with van der Waals surface area (Å²) < 4.78 is 80.0. The van der Waals surface area contributed by atoms with Crippen molar-refractivity contribution in [3.8, 4) is 11.1 Å². The van der Waals surface area contributed by atoms with Crippen LogP contribution in [0.5, 0.6) is 0 Å². The fraction of sp³-hybridized carbons (Fsp3) is 0.200. The first kappa shape index (κ1) is 18.3. The second kappa shape index (κ2) is 6.67. The number of hydrogen-bond donors (Lipinski definition) is 0. The topological polar surface area (TPSA) is 0 Å². The maximum Gasteiger partial charge on any atom is 0.421 e. The Bertz CT molecular complexity index is 888. The highest BCUT2D eigenvalue weighted by Crippen LogP contribution is 2.44. The molecule has 136 valence electrons. The van der Waals surface area contributed by atoms with Crippen LogP contribution in [0.4, 0.5) is 26.3 Å². The highest BCUT2D eigenvalue weighted by atomic mass is 19.4.